The third-order valence-electron chi connectivity index (χ3n) is 2.67. The van der Waals surface area contributed by atoms with E-state index in [1.165, 1.54) is 5.56 Å². The van der Waals surface area contributed by atoms with E-state index < -0.39 is 0 Å². The van der Waals surface area contributed by atoms with Gasteiger partial charge < -0.3 is 5.32 Å². The molecule has 1 aromatic heterocycles. The van der Waals surface area contributed by atoms with Gasteiger partial charge in [-0.05, 0) is 92.5 Å². The Balaban J connectivity index is 2.02. The molecule has 5 heteroatoms. The summed E-state index contributed by atoms with van der Waals surface area (Å²) in [7, 11) is 0. The molecule has 1 atom stereocenters. The molecule has 2 aromatic rings. The van der Waals surface area contributed by atoms with Crippen LogP contribution in [0.4, 0.5) is 0 Å². The number of hydrogen-bond donors (Lipinski definition) is 1. The molecule has 0 bridgehead atoms. The molecule has 0 aliphatic rings. The van der Waals surface area contributed by atoms with Crippen LogP contribution < -0.4 is 5.32 Å². The number of carbonyl (C=O) groups is 1. The Bertz CT molecular complexity index is 571. The number of amides is 1. The summed E-state index contributed by atoms with van der Waals surface area (Å²) in [5.74, 6) is -0.0341. The number of hydrogen-bond acceptors (Lipinski definition) is 2. The monoisotopic (exact) mass is 449 g/mol. The highest BCUT2D eigenvalue weighted by molar-refractivity contribution is 14.1. The number of benzene rings is 1. The minimum absolute atomic E-state index is 0.0341. The molecule has 2 rings (SSSR count). The third-order valence-corrected chi connectivity index (χ3v) is 4.77. The first-order valence-electron chi connectivity index (χ1n) is 5.83. The molecule has 1 N–H and O–H groups in total. The van der Waals surface area contributed by atoms with E-state index in [-0.39, 0.29) is 11.9 Å². The summed E-state index contributed by atoms with van der Waals surface area (Å²) < 4.78 is 1.88. The van der Waals surface area contributed by atoms with Crippen LogP contribution in [0.15, 0.2) is 39.5 Å². The van der Waals surface area contributed by atoms with Crippen LogP contribution in [0.5, 0.6) is 0 Å². The molecule has 1 unspecified atom stereocenters. The van der Waals surface area contributed by atoms with Crippen LogP contribution in [0.2, 0.25) is 0 Å². The quantitative estimate of drug-likeness (QED) is 0.685. The Morgan fingerprint density at radius 2 is 2.26 bits per heavy atom. The molecule has 0 saturated carbocycles. The highest BCUT2D eigenvalue weighted by atomic mass is 127. The van der Waals surface area contributed by atoms with Gasteiger partial charge in [0.25, 0.3) is 5.91 Å². The number of nitrogens with one attached hydrogen (secondary N) is 1. The van der Waals surface area contributed by atoms with Crippen LogP contribution in [-0.4, -0.2) is 11.9 Å². The molecule has 2 nitrogen and oxygen atoms in total. The summed E-state index contributed by atoms with van der Waals surface area (Å²) in [5.41, 5.74) is 1.95. The van der Waals surface area contributed by atoms with E-state index in [1.807, 2.05) is 25.1 Å². The van der Waals surface area contributed by atoms with Gasteiger partial charge in [-0.1, -0.05) is 0 Å². The second kappa shape index (κ2) is 6.85. The number of rotatable bonds is 4. The van der Waals surface area contributed by atoms with Crippen molar-refractivity contribution in [3.8, 4) is 0 Å². The molecule has 0 spiro atoms. The molecule has 100 valence electrons. The van der Waals surface area contributed by atoms with Crippen molar-refractivity contribution in [2.75, 3.05) is 0 Å². The van der Waals surface area contributed by atoms with Gasteiger partial charge in [-0.2, -0.15) is 11.3 Å². The van der Waals surface area contributed by atoms with E-state index >= 15 is 0 Å². The molecule has 0 radical (unpaired) electrons. The van der Waals surface area contributed by atoms with Crippen molar-refractivity contribution in [3.05, 3.63) is 54.2 Å². The maximum absolute atomic E-state index is 12.2. The zero-order chi connectivity index (χ0) is 13.8. The fraction of sp³-hybridized carbons (Fsp3) is 0.214. The minimum Gasteiger partial charge on any atom is -0.349 e. The lowest BCUT2D eigenvalue weighted by Gasteiger charge is -2.14. The Labute approximate surface area is 138 Å². The molecule has 1 amide bonds. The van der Waals surface area contributed by atoms with Gasteiger partial charge in [-0.3, -0.25) is 4.79 Å². The van der Waals surface area contributed by atoms with Gasteiger partial charge in [0.1, 0.15) is 0 Å². The van der Waals surface area contributed by atoms with Crippen molar-refractivity contribution in [3.63, 3.8) is 0 Å². The average molecular weight is 450 g/mol. The van der Waals surface area contributed by atoms with Gasteiger partial charge in [-0.15, -0.1) is 0 Å². The predicted octanol–water partition coefficient (Wildman–Crippen LogP) is 4.48. The van der Waals surface area contributed by atoms with E-state index in [4.69, 9.17) is 0 Å². The van der Waals surface area contributed by atoms with Gasteiger partial charge in [0, 0.05) is 14.1 Å². The van der Waals surface area contributed by atoms with Crippen LogP contribution in [-0.2, 0) is 6.42 Å². The van der Waals surface area contributed by atoms with E-state index in [9.17, 15) is 4.79 Å². The van der Waals surface area contributed by atoms with Gasteiger partial charge >= 0.3 is 0 Å². The summed E-state index contributed by atoms with van der Waals surface area (Å²) in [6.45, 7) is 2.03. The summed E-state index contributed by atoms with van der Waals surface area (Å²) in [6, 6.07) is 7.97. The van der Waals surface area contributed by atoms with Gasteiger partial charge in [0.15, 0.2) is 0 Å². The lowest BCUT2D eigenvalue weighted by molar-refractivity contribution is 0.0939. The summed E-state index contributed by atoms with van der Waals surface area (Å²) in [6.07, 6.45) is 0.858. The summed E-state index contributed by atoms with van der Waals surface area (Å²) >= 11 is 7.31. The van der Waals surface area contributed by atoms with E-state index in [2.05, 4.69) is 60.7 Å². The van der Waals surface area contributed by atoms with E-state index in [1.54, 1.807) is 11.3 Å². The first-order valence-corrected chi connectivity index (χ1v) is 8.64. The molecule has 0 aliphatic heterocycles. The molecule has 1 aromatic carbocycles. The topological polar surface area (TPSA) is 29.1 Å². The second-order valence-corrected chi connectivity index (χ2v) is 7.21. The van der Waals surface area contributed by atoms with Crippen molar-refractivity contribution in [2.45, 2.75) is 19.4 Å². The molecular formula is C14H13BrINOS. The largest absolute Gasteiger partial charge is 0.349 e. The molecule has 1 heterocycles. The fourth-order valence-electron chi connectivity index (χ4n) is 1.79. The van der Waals surface area contributed by atoms with Crippen LogP contribution >= 0.6 is 49.9 Å². The van der Waals surface area contributed by atoms with Crippen molar-refractivity contribution in [1.82, 2.24) is 5.32 Å². The highest BCUT2D eigenvalue weighted by Gasteiger charge is 2.13. The Morgan fingerprint density at radius 1 is 1.47 bits per heavy atom. The molecule has 0 saturated heterocycles. The molecule has 19 heavy (non-hydrogen) atoms. The zero-order valence-corrected chi connectivity index (χ0v) is 14.9. The number of halogens is 2. The van der Waals surface area contributed by atoms with Crippen molar-refractivity contribution >= 4 is 55.8 Å². The maximum atomic E-state index is 12.2. The number of carbonyl (C=O) groups excluding carboxylic acids is 1. The van der Waals surface area contributed by atoms with Crippen LogP contribution in [0.25, 0.3) is 0 Å². The van der Waals surface area contributed by atoms with Crippen LogP contribution in [0.3, 0.4) is 0 Å². The SMILES string of the molecule is CC(Cc1ccsc1)NC(=O)c1cc(I)ccc1Br. The predicted molar refractivity (Wildman–Crippen MR) is 91.8 cm³/mol. The van der Waals surface area contributed by atoms with Crippen molar-refractivity contribution in [2.24, 2.45) is 0 Å². The molecular weight excluding hydrogens is 437 g/mol. The summed E-state index contributed by atoms with van der Waals surface area (Å²) in [5, 5.41) is 7.21. The van der Waals surface area contributed by atoms with Crippen molar-refractivity contribution < 1.29 is 4.79 Å². The standard InChI is InChI=1S/C14H13BrINOS/c1-9(6-10-4-5-19-8-10)17-14(18)12-7-11(16)2-3-13(12)15/h2-5,7-9H,6H2,1H3,(H,17,18). The van der Waals surface area contributed by atoms with E-state index in [0.29, 0.717) is 5.56 Å². The van der Waals surface area contributed by atoms with E-state index in [0.717, 1.165) is 14.5 Å². The highest BCUT2D eigenvalue weighted by Crippen LogP contribution is 2.19. The number of thiophene rings is 1. The zero-order valence-electron chi connectivity index (χ0n) is 10.3. The molecule has 0 fully saturated rings. The lowest BCUT2D eigenvalue weighted by atomic mass is 10.1. The van der Waals surface area contributed by atoms with Crippen molar-refractivity contribution in [1.29, 1.82) is 0 Å². The smallest absolute Gasteiger partial charge is 0.252 e. The Hall–Kier alpha value is -0.400. The summed E-state index contributed by atoms with van der Waals surface area (Å²) in [4.78, 5) is 12.2. The third kappa shape index (κ3) is 4.29. The van der Waals surface area contributed by atoms with Gasteiger partial charge in [0.05, 0.1) is 5.56 Å². The first-order chi connectivity index (χ1) is 9.06. The van der Waals surface area contributed by atoms with Crippen LogP contribution in [0.1, 0.15) is 22.8 Å². The maximum Gasteiger partial charge on any atom is 0.252 e. The second-order valence-electron chi connectivity index (χ2n) is 4.33. The Kier molecular flexibility index (Phi) is 5.41. The molecule has 0 aliphatic carbocycles. The first kappa shape index (κ1) is 15.0. The minimum atomic E-state index is -0.0341. The lowest BCUT2D eigenvalue weighted by Crippen LogP contribution is -2.34. The van der Waals surface area contributed by atoms with Crippen LogP contribution in [0, 0.1) is 3.57 Å². The average Bonchev–Trinajstić information content (AvgIpc) is 2.84. The fourth-order valence-corrected chi connectivity index (χ4v) is 3.39. The van der Waals surface area contributed by atoms with Gasteiger partial charge in [0.2, 0.25) is 0 Å². The van der Waals surface area contributed by atoms with Gasteiger partial charge in [-0.25, -0.2) is 0 Å². The Morgan fingerprint density at radius 3 is 2.95 bits per heavy atom. The normalized spacial score (nSPS) is 12.2.